The summed E-state index contributed by atoms with van der Waals surface area (Å²) in [5.74, 6) is -0.0734. The SMILES string of the molecule is O=C(Cc1ccc(Cc2cccc(Cl)c2)cn1)c1ccc2nccn2n1. The molecule has 0 aliphatic rings. The molecule has 0 unspecified atom stereocenters. The predicted octanol–water partition coefficient (Wildman–Crippen LogP) is 3.79. The molecule has 0 saturated carbocycles. The molecule has 4 rings (SSSR count). The van der Waals surface area contributed by atoms with Crippen molar-refractivity contribution in [3.05, 3.63) is 94.7 Å². The van der Waals surface area contributed by atoms with Crippen LogP contribution in [-0.2, 0) is 12.8 Å². The van der Waals surface area contributed by atoms with Crippen molar-refractivity contribution in [1.82, 2.24) is 19.6 Å². The molecule has 0 spiro atoms. The quantitative estimate of drug-likeness (QED) is 0.507. The van der Waals surface area contributed by atoms with Gasteiger partial charge in [0.05, 0.1) is 6.42 Å². The van der Waals surface area contributed by atoms with E-state index in [0.29, 0.717) is 11.3 Å². The van der Waals surface area contributed by atoms with Crippen LogP contribution in [0.25, 0.3) is 5.65 Å². The third-order valence-electron chi connectivity index (χ3n) is 4.07. The molecule has 0 radical (unpaired) electrons. The van der Waals surface area contributed by atoms with Gasteiger partial charge in [0.15, 0.2) is 11.4 Å². The highest BCUT2D eigenvalue weighted by atomic mass is 35.5. The molecule has 128 valence electrons. The number of hydrogen-bond donors (Lipinski definition) is 0. The minimum absolute atomic E-state index is 0.0734. The summed E-state index contributed by atoms with van der Waals surface area (Å²) in [5, 5.41) is 5.00. The molecular formula is C20H15ClN4O. The van der Waals surface area contributed by atoms with Crippen LogP contribution >= 0.6 is 11.6 Å². The first kappa shape index (κ1) is 16.4. The van der Waals surface area contributed by atoms with Crippen molar-refractivity contribution in [2.24, 2.45) is 0 Å². The molecular weight excluding hydrogens is 348 g/mol. The summed E-state index contributed by atoms with van der Waals surface area (Å²) in [5.41, 5.74) is 4.03. The summed E-state index contributed by atoms with van der Waals surface area (Å²) >= 11 is 6.02. The second kappa shape index (κ2) is 7.06. The maximum Gasteiger partial charge on any atom is 0.188 e. The lowest BCUT2D eigenvalue weighted by atomic mass is 10.1. The maximum absolute atomic E-state index is 12.4. The summed E-state index contributed by atoms with van der Waals surface area (Å²) in [6.45, 7) is 0. The van der Waals surface area contributed by atoms with Crippen LogP contribution < -0.4 is 0 Å². The summed E-state index contributed by atoms with van der Waals surface area (Å²) in [6, 6.07) is 15.1. The van der Waals surface area contributed by atoms with E-state index in [1.54, 1.807) is 35.2 Å². The monoisotopic (exact) mass is 362 g/mol. The van der Waals surface area contributed by atoms with Gasteiger partial charge in [0.1, 0.15) is 5.69 Å². The molecule has 26 heavy (non-hydrogen) atoms. The zero-order chi connectivity index (χ0) is 17.9. The van der Waals surface area contributed by atoms with Crippen molar-refractivity contribution in [3.8, 4) is 0 Å². The third kappa shape index (κ3) is 3.63. The fourth-order valence-corrected chi connectivity index (χ4v) is 2.98. The number of benzene rings is 1. The molecule has 3 aromatic heterocycles. The van der Waals surface area contributed by atoms with Gasteiger partial charge in [-0.1, -0.05) is 29.8 Å². The van der Waals surface area contributed by atoms with Crippen LogP contribution in [-0.4, -0.2) is 25.4 Å². The first-order chi connectivity index (χ1) is 12.7. The standard InChI is InChI=1S/C20H15ClN4O/c21-16-3-1-2-14(11-16)10-15-4-5-17(23-13-15)12-19(26)18-6-7-20-22-8-9-25(20)24-18/h1-9,11,13H,10,12H2. The number of fused-ring (bicyclic) bond motifs is 1. The number of carbonyl (C=O) groups excluding carboxylic acids is 1. The van der Waals surface area contributed by atoms with Crippen LogP contribution in [0.1, 0.15) is 27.3 Å². The van der Waals surface area contributed by atoms with Crippen LogP contribution in [0.15, 0.2) is 67.1 Å². The minimum atomic E-state index is -0.0734. The zero-order valence-corrected chi connectivity index (χ0v) is 14.6. The zero-order valence-electron chi connectivity index (χ0n) is 13.8. The molecule has 0 saturated heterocycles. The number of Topliss-reactive ketones (excluding diaryl/α,β-unsaturated/α-hetero) is 1. The average molecular weight is 363 g/mol. The number of carbonyl (C=O) groups is 1. The van der Waals surface area contributed by atoms with Crippen molar-refractivity contribution in [2.45, 2.75) is 12.8 Å². The van der Waals surface area contributed by atoms with E-state index >= 15 is 0 Å². The Labute approximate surface area is 155 Å². The number of nitrogens with zero attached hydrogens (tertiary/aromatic N) is 4. The minimum Gasteiger partial charge on any atom is -0.292 e. The molecule has 6 heteroatoms. The summed E-state index contributed by atoms with van der Waals surface area (Å²) in [7, 11) is 0. The van der Waals surface area contributed by atoms with Gasteiger partial charge in [0.25, 0.3) is 0 Å². The van der Waals surface area contributed by atoms with E-state index in [1.807, 2.05) is 36.4 Å². The van der Waals surface area contributed by atoms with Crippen LogP contribution in [0, 0.1) is 0 Å². The Bertz CT molecular complexity index is 1070. The molecule has 0 N–H and O–H groups in total. The lowest BCUT2D eigenvalue weighted by Gasteiger charge is -2.05. The fourth-order valence-electron chi connectivity index (χ4n) is 2.77. The van der Waals surface area contributed by atoms with E-state index < -0.39 is 0 Å². The topological polar surface area (TPSA) is 60.2 Å². The maximum atomic E-state index is 12.4. The van der Waals surface area contributed by atoms with E-state index in [-0.39, 0.29) is 12.2 Å². The second-order valence-corrected chi connectivity index (χ2v) is 6.45. The Morgan fingerprint density at radius 2 is 1.96 bits per heavy atom. The molecule has 0 amide bonds. The number of aromatic nitrogens is 4. The summed E-state index contributed by atoms with van der Waals surface area (Å²) in [4.78, 5) is 21.0. The number of hydrogen-bond acceptors (Lipinski definition) is 4. The highest BCUT2D eigenvalue weighted by Gasteiger charge is 2.11. The number of pyridine rings is 1. The van der Waals surface area contributed by atoms with Gasteiger partial charge in [-0.05, 0) is 47.9 Å². The van der Waals surface area contributed by atoms with E-state index in [9.17, 15) is 4.79 Å². The Morgan fingerprint density at radius 3 is 2.77 bits per heavy atom. The van der Waals surface area contributed by atoms with Crippen molar-refractivity contribution in [2.75, 3.05) is 0 Å². The van der Waals surface area contributed by atoms with Crippen molar-refractivity contribution in [3.63, 3.8) is 0 Å². The van der Waals surface area contributed by atoms with Gasteiger partial charge < -0.3 is 0 Å². The molecule has 0 atom stereocenters. The van der Waals surface area contributed by atoms with Gasteiger partial charge in [-0.15, -0.1) is 0 Å². The van der Waals surface area contributed by atoms with Gasteiger partial charge in [0.2, 0.25) is 0 Å². The molecule has 0 aliphatic carbocycles. The van der Waals surface area contributed by atoms with Crippen LogP contribution in [0.4, 0.5) is 0 Å². The van der Waals surface area contributed by atoms with Crippen LogP contribution in [0.2, 0.25) is 5.02 Å². The Morgan fingerprint density at radius 1 is 1.04 bits per heavy atom. The van der Waals surface area contributed by atoms with Gasteiger partial charge in [-0.3, -0.25) is 9.78 Å². The Balaban J connectivity index is 1.45. The second-order valence-electron chi connectivity index (χ2n) is 6.01. The van der Waals surface area contributed by atoms with Crippen LogP contribution in [0.3, 0.4) is 0 Å². The number of rotatable bonds is 5. The van der Waals surface area contributed by atoms with E-state index in [2.05, 4.69) is 15.1 Å². The van der Waals surface area contributed by atoms with E-state index in [1.165, 1.54) is 0 Å². The molecule has 0 bridgehead atoms. The van der Waals surface area contributed by atoms with Crippen molar-refractivity contribution >= 4 is 23.0 Å². The molecule has 5 nitrogen and oxygen atoms in total. The molecule has 4 aromatic rings. The third-order valence-corrected chi connectivity index (χ3v) is 4.30. The number of halogens is 1. The predicted molar refractivity (Wildman–Crippen MR) is 99.5 cm³/mol. The summed E-state index contributed by atoms with van der Waals surface area (Å²) < 4.78 is 1.59. The highest BCUT2D eigenvalue weighted by molar-refractivity contribution is 6.30. The summed E-state index contributed by atoms with van der Waals surface area (Å²) in [6.07, 6.45) is 6.13. The highest BCUT2D eigenvalue weighted by Crippen LogP contribution is 2.15. The van der Waals surface area contributed by atoms with Gasteiger partial charge in [-0.25, -0.2) is 9.50 Å². The average Bonchev–Trinajstić information content (AvgIpc) is 3.11. The van der Waals surface area contributed by atoms with E-state index in [4.69, 9.17) is 11.6 Å². The van der Waals surface area contributed by atoms with Crippen molar-refractivity contribution in [1.29, 1.82) is 0 Å². The molecule has 3 heterocycles. The molecule has 0 fully saturated rings. The Kier molecular flexibility index (Phi) is 4.46. The van der Waals surface area contributed by atoms with Crippen molar-refractivity contribution < 1.29 is 4.79 Å². The lowest BCUT2D eigenvalue weighted by Crippen LogP contribution is -2.09. The van der Waals surface area contributed by atoms with Crippen LogP contribution in [0.5, 0.6) is 0 Å². The first-order valence-electron chi connectivity index (χ1n) is 8.19. The van der Waals surface area contributed by atoms with Gasteiger partial charge >= 0.3 is 0 Å². The fraction of sp³-hybridized carbons (Fsp3) is 0.100. The van der Waals surface area contributed by atoms with Gasteiger partial charge in [0, 0.05) is 29.3 Å². The smallest absolute Gasteiger partial charge is 0.188 e. The largest absolute Gasteiger partial charge is 0.292 e. The normalized spacial score (nSPS) is 11.0. The Hall–Kier alpha value is -3.05. The van der Waals surface area contributed by atoms with Gasteiger partial charge in [-0.2, -0.15) is 5.10 Å². The van der Waals surface area contributed by atoms with E-state index in [0.717, 1.165) is 28.3 Å². The molecule has 1 aromatic carbocycles. The lowest BCUT2D eigenvalue weighted by molar-refractivity contribution is 0.0986. The number of imidazole rings is 1. The number of ketones is 1. The first-order valence-corrected chi connectivity index (χ1v) is 8.57. The molecule has 0 aliphatic heterocycles.